The van der Waals surface area contributed by atoms with Gasteiger partial charge in [0.2, 0.25) is 0 Å². The van der Waals surface area contributed by atoms with Gasteiger partial charge in [-0.15, -0.1) is 11.3 Å². The summed E-state index contributed by atoms with van der Waals surface area (Å²) in [6.45, 7) is 3.45. The van der Waals surface area contributed by atoms with Crippen molar-refractivity contribution in [1.29, 1.82) is 0 Å². The molecule has 1 atom stereocenters. The average molecular weight is 518 g/mol. The number of amides is 3. The van der Waals surface area contributed by atoms with E-state index in [1.54, 1.807) is 49.5 Å². The number of anilines is 3. The van der Waals surface area contributed by atoms with Crippen LogP contribution in [0.2, 0.25) is 0 Å². The summed E-state index contributed by atoms with van der Waals surface area (Å²) >= 11 is 1.23. The van der Waals surface area contributed by atoms with Gasteiger partial charge in [0, 0.05) is 24.8 Å². The highest BCUT2D eigenvalue weighted by Crippen LogP contribution is 2.46. The van der Waals surface area contributed by atoms with Crippen LogP contribution in [0.5, 0.6) is 11.5 Å². The molecule has 2 aromatic heterocycles. The molecule has 2 aliphatic rings. The van der Waals surface area contributed by atoms with Crippen LogP contribution in [-0.2, 0) is 0 Å². The van der Waals surface area contributed by atoms with Crippen LogP contribution < -0.4 is 25.6 Å². The smallest absolute Gasteiger partial charge is 0.331 e. The number of ether oxygens (including phenoxy) is 1. The zero-order chi connectivity index (χ0) is 25.5. The molecule has 1 saturated heterocycles. The Labute approximate surface area is 216 Å². The number of aromatic nitrogens is 1. The van der Waals surface area contributed by atoms with Gasteiger partial charge < -0.3 is 20.7 Å². The molecule has 6 rings (SSSR count). The number of carbonyl (C=O) groups is 2. The van der Waals surface area contributed by atoms with Gasteiger partial charge in [-0.1, -0.05) is 18.2 Å². The lowest BCUT2D eigenvalue weighted by atomic mass is 10.1. The van der Waals surface area contributed by atoms with Crippen molar-refractivity contribution in [3.8, 4) is 11.5 Å². The van der Waals surface area contributed by atoms with Crippen LogP contribution in [0.1, 0.15) is 28.1 Å². The lowest BCUT2D eigenvalue weighted by molar-refractivity contribution is 0.0935. The molecule has 1 unspecified atom stereocenters. The van der Waals surface area contributed by atoms with Crippen LogP contribution in [0.3, 0.4) is 0 Å². The molecule has 0 spiro atoms. The summed E-state index contributed by atoms with van der Waals surface area (Å²) in [7, 11) is 0. The number of nitrogens with one attached hydrogen (secondary N) is 3. The molecule has 3 N–H and O–H groups in total. The topological polar surface area (TPSA) is 95.6 Å². The van der Waals surface area contributed by atoms with Crippen LogP contribution in [0.4, 0.5) is 26.2 Å². The Kier molecular flexibility index (Phi) is 5.97. The number of carbonyl (C=O) groups excluding carboxylic acids is 2. The molecule has 188 valence electrons. The minimum atomic E-state index is -0.597. The predicted octanol–water partition coefficient (Wildman–Crippen LogP) is 5.70. The third kappa shape index (κ3) is 4.28. The Balaban J connectivity index is 1.37. The van der Waals surface area contributed by atoms with Gasteiger partial charge in [-0.2, -0.15) is 0 Å². The number of hydrogen-bond acceptors (Lipinski definition) is 6. The SMILES string of the molecule is Cc1cc(Oc2ccccc2)c(F)cc1N1C(=O)Nc2c(C(=O)NC3CCCNC3)sc3nccc1c23. The van der Waals surface area contributed by atoms with Crippen molar-refractivity contribution in [3.63, 3.8) is 0 Å². The molecule has 1 fully saturated rings. The number of nitrogens with zero attached hydrogens (tertiary/aromatic N) is 2. The molecule has 4 heterocycles. The second kappa shape index (κ2) is 9.45. The summed E-state index contributed by atoms with van der Waals surface area (Å²) in [6.07, 6.45) is 3.49. The van der Waals surface area contributed by atoms with Gasteiger partial charge in [0.15, 0.2) is 11.6 Å². The Hall–Kier alpha value is -4.02. The molecule has 0 aliphatic carbocycles. The van der Waals surface area contributed by atoms with Gasteiger partial charge in [0.1, 0.15) is 15.5 Å². The number of thiophene rings is 1. The van der Waals surface area contributed by atoms with Gasteiger partial charge in [0.25, 0.3) is 5.91 Å². The Morgan fingerprint density at radius 2 is 2.05 bits per heavy atom. The number of pyridine rings is 1. The largest absolute Gasteiger partial charge is 0.454 e. The van der Waals surface area contributed by atoms with Crippen molar-refractivity contribution in [3.05, 3.63) is 71.0 Å². The lowest BCUT2D eigenvalue weighted by Crippen LogP contribution is -2.45. The highest BCUT2D eigenvalue weighted by atomic mass is 32.1. The van der Waals surface area contributed by atoms with Gasteiger partial charge in [-0.05, 0) is 56.1 Å². The fourth-order valence-electron chi connectivity index (χ4n) is 4.79. The Morgan fingerprint density at radius 1 is 1.22 bits per heavy atom. The van der Waals surface area contributed by atoms with Crippen molar-refractivity contribution < 1.29 is 18.7 Å². The van der Waals surface area contributed by atoms with Crippen LogP contribution in [-0.4, -0.2) is 36.1 Å². The van der Waals surface area contributed by atoms with E-state index in [1.165, 1.54) is 22.3 Å². The van der Waals surface area contributed by atoms with E-state index in [1.807, 2.05) is 6.07 Å². The molecule has 2 aliphatic heterocycles. The number of benzene rings is 2. The maximum atomic E-state index is 15.2. The van der Waals surface area contributed by atoms with Gasteiger partial charge in [-0.25, -0.2) is 14.2 Å². The summed E-state index contributed by atoms with van der Waals surface area (Å²) in [4.78, 5) is 33.4. The summed E-state index contributed by atoms with van der Waals surface area (Å²) < 4.78 is 20.9. The van der Waals surface area contributed by atoms with Crippen LogP contribution in [0, 0.1) is 12.7 Å². The minimum absolute atomic E-state index is 0.0316. The molecular formula is C27H24FN5O3S. The number of rotatable bonds is 5. The monoisotopic (exact) mass is 517 g/mol. The molecule has 0 saturated carbocycles. The molecule has 0 bridgehead atoms. The average Bonchev–Trinajstić information content (AvgIpc) is 3.27. The van der Waals surface area contributed by atoms with Crippen molar-refractivity contribution in [1.82, 2.24) is 15.6 Å². The van der Waals surface area contributed by atoms with E-state index in [2.05, 4.69) is 20.9 Å². The maximum absolute atomic E-state index is 15.2. The molecule has 37 heavy (non-hydrogen) atoms. The van der Waals surface area contributed by atoms with Crippen molar-refractivity contribution in [2.45, 2.75) is 25.8 Å². The van der Waals surface area contributed by atoms with Gasteiger partial charge >= 0.3 is 6.03 Å². The number of hydrogen-bond donors (Lipinski definition) is 3. The first-order valence-electron chi connectivity index (χ1n) is 12.1. The summed E-state index contributed by atoms with van der Waals surface area (Å²) in [5, 5.41) is 9.88. The third-order valence-corrected chi connectivity index (χ3v) is 7.64. The highest BCUT2D eigenvalue weighted by molar-refractivity contribution is 7.21. The van der Waals surface area contributed by atoms with Gasteiger partial charge in [0.05, 0.1) is 22.4 Å². The summed E-state index contributed by atoms with van der Waals surface area (Å²) in [5.41, 5.74) is 2.00. The highest BCUT2D eigenvalue weighted by Gasteiger charge is 2.34. The normalized spacial score (nSPS) is 17.0. The molecule has 0 radical (unpaired) electrons. The summed E-state index contributed by atoms with van der Waals surface area (Å²) in [5.74, 6) is -0.258. The first-order chi connectivity index (χ1) is 18.0. The van der Waals surface area contributed by atoms with Crippen molar-refractivity contribution in [2.75, 3.05) is 23.3 Å². The zero-order valence-electron chi connectivity index (χ0n) is 20.0. The van der Waals surface area contributed by atoms with Crippen LogP contribution in [0.25, 0.3) is 10.2 Å². The van der Waals surface area contributed by atoms with Crippen molar-refractivity contribution >= 4 is 50.6 Å². The van der Waals surface area contributed by atoms with Crippen molar-refractivity contribution in [2.24, 2.45) is 0 Å². The molecule has 10 heteroatoms. The fourth-order valence-corrected chi connectivity index (χ4v) is 5.81. The minimum Gasteiger partial charge on any atom is -0.454 e. The first-order valence-corrected chi connectivity index (χ1v) is 12.9. The van der Waals surface area contributed by atoms with E-state index in [0.717, 1.165) is 19.4 Å². The number of urea groups is 1. The van der Waals surface area contributed by atoms with Crippen LogP contribution >= 0.6 is 11.3 Å². The molecule has 2 aromatic carbocycles. The molecule has 8 nitrogen and oxygen atoms in total. The summed E-state index contributed by atoms with van der Waals surface area (Å²) in [6, 6.07) is 13.1. The third-order valence-electron chi connectivity index (χ3n) is 6.55. The fraction of sp³-hybridized carbons (Fsp3) is 0.222. The molecular weight excluding hydrogens is 493 g/mol. The number of aryl methyl sites for hydroxylation is 1. The Morgan fingerprint density at radius 3 is 2.84 bits per heavy atom. The van der Waals surface area contributed by atoms with E-state index in [4.69, 9.17) is 4.74 Å². The van der Waals surface area contributed by atoms with Gasteiger partial charge in [-0.3, -0.25) is 9.69 Å². The lowest BCUT2D eigenvalue weighted by Gasteiger charge is -2.30. The van der Waals surface area contributed by atoms with E-state index in [-0.39, 0.29) is 17.7 Å². The van der Waals surface area contributed by atoms with E-state index in [9.17, 15) is 9.59 Å². The number of halogens is 1. The number of para-hydroxylation sites is 1. The Bertz CT molecular complexity index is 1520. The maximum Gasteiger partial charge on any atom is 0.331 e. The van der Waals surface area contributed by atoms with E-state index < -0.39 is 11.8 Å². The molecule has 4 aromatic rings. The second-order valence-corrected chi connectivity index (χ2v) is 10.1. The number of piperidine rings is 1. The predicted molar refractivity (Wildman–Crippen MR) is 142 cm³/mol. The van der Waals surface area contributed by atoms with E-state index in [0.29, 0.717) is 50.0 Å². The zero-order valence-corrected chi connectivity index (χ0v) is 20.8. The standard InChI is InChI=1S/C27H24FN5O3S/c1-15-12-21(36-17-7-3-2-4-8-17)18(28)13-20(15)33-19-9-11-30-26-22(19)23(32-27(33)35)24(37-26)25(34)31-16-6-5-10-29-14-16/h2-4,7-9,11-13,16,29H,5-6,10,14H2,1H3,(H,31,34)(H,32,35). The second-order valence-electron chi connectivity index (χ2n) is 9.08. The van der Waals surface area contributed by atoms with E-state index >= 15 is 4.39 Å². The molecule has 3 amide bonds. The first kappa shape index (κ1) is 23.4. The quantitative estimate of drug-likeness (QED) is 0.316. The van der Waals surface area contributed by atoms with Crippen LogP contribution in [0.15, 0.2) is 54.7 Å².